The molecule has 3 aromatic rings. The predicted molar refractivity (Wildman–Crippen MR) is 140 cm³/mol. The van der Waals surface area contributed by atoms with Crippen molar-refractivity contribution in [3.63, 3.8) is 0 Å². The molecule has 0 aliphatic carbocycles. The first kappa shape index (κ1) is 25.0. The highest BCUT2D eigenvalue weighted by atomic mass is 35.5. The number of nitrogens with zero attached hydrogens (tertiary/aromatic N) is 3. The zero-order valence-electron chi connectivity index (χ0n) is 20.6. The maximum Gasteiger partial charge on any atom is 0.251 e. The summed E-state index contributed by atoms with van der Waals surface area (Å²) in [5.74, 6) is 0.0124. The fourth-order valence-corrected chi connectivity index (χ4v) is 6.42. The summed E-state index contributed by atoms with van der Waals surface area (Å²) in [6.45, 7) is 0.794. The number of piperazine rings is 1. The van der Waals surface area contributed by atoms with Crippen LogP contribution in [0.15, 0.2) is 54.9 Å². The van der Waals surface area contributed by atoms with Gasteiger partial charge < -0.3 is 15.0 Å². The molecular formula is C28H27ClF2N4O3. The van der Waals surface area contributed by atoms with E-state index in [2.05, 4.69) is 10.3 Å². The second-order valence-corrected chi connectivity index (χ2v) is 10.7. The van der Waals surface area contributed by atoms with Crippen molar-refractivity contribution in [2.24, 2.45) is 0 Å². The molecule has 0 saturated carbocycles. The van der Waals surface area contributed by atoms with Crippen LogP contribution in [0.4, 0.5) is 14.5 Å². The maximum absolute atomic E-state index is 14.2. The number of carbonyl (C=O) groups is 2. The third-order valence-corrected chi connectivity index (χ3v) is 8.33. The van der Waals surface area contributed by atoms with E-state index in [-0.39, 0.29) is 49.9 Å². The summed E-state index contributed by atoms with van der Waals surface area (Å²) in [6.07, 6.45) is 1.81. The Bertz CT molecular complexity index is 1400. The smallest absolute Gasteiger partial charge is 0.251 e. The predicted octanol–water partition coefficient (Wildman–Crippen LogP) is 4.49. The molecule has 2 bridgehead atoms. The maximum atomic E-state index is 14.2. The molecule has 2 amide bonds. The Hall–Kier alpha value is -3.30. The van der Waals surface area contributed by atoms with E-state index in [1.807, 2.05) is 24.3 Å². The van der Waals surface area contributed by atoms with E-state index in [0.717, 1.165) is 10.8 Å². The molecule has 2 fully saturated rings. The summed E-state index contributed by atoms with van der Waals surface area (Å²) < 4.78 is 31.8. The van der Waals surface area contributed by atoms with Crippen molar-refractivity contribution in [1.82, 2.24) is 14.8 Å². The number of hydrogen-bond acceptors (Lipinski definition) is 5. The van der Waals surface area contributed by atoms with Crippen LogP contribution in [0.5, 0.6) is 5.75 Å². The van der Waals surface area contributed by atoms with Gasteiger partial charge in [-0.05, 0) is 24.6 Å². The van der Waals surface area contributed by atoms with Gasteiger partial charge in [0.2, 0.25) is 11.8 Å². The average molecular weight is 541 g/mol. The van der Waals surface area contributed by atoms with E-state index in [1.54, 1.807) is 40.4 Å². The van der Waals surface area contributed by atoms with Crippen LogP contribution in [0.2, 0.25) is 5.02 Å². The van der Waals surface area contributed by atoms with Gasteiger partial charge in [-0.1, -0.05) is 35.9 Å². The summed E-state index contributed by atoms with van der Waals surface area (Å²) >= 11 is 6.36. The number of ether oxygens (including phenoxy) is 1. The minimum atomic E-state index is -2.41. The fourth-order valence-electron chi connectivity index (χ4n) is 6.25. The monoisotopic (exact) mass is 540 g/mol. The van der Waals surface area contributed by atoms with Gasteiger partial charge in [-0.25, -0.2) is 8.78 Å². The largest absolute Gasteiger partial charge is 0.493 e. The quantitative estimate of drug-likeness (QED) is 0.499. The van der Waals surface area contributed by atoms with Gasteiger partial charge in [0.05, 0.1) is 30.5 Å². The molecule has 6 rings (SSSR count). The molecule has 38 heavy (non-hydrogen) atoms. The topological polar surface area (TPSA) is 74.8 Å². The lowest BCUT2D eigenvalue weighted by atomic mass is 9.72. The number of hydrogen-bond donors (Lipinski definition) is 1. The minimum absolute atomic E-state index is 0.0776. The molecule has 0 spiro atoms. The zero-order valence-corrected chi connectivity index (χ0v) is 21.3. The number of alkyl halides is 2. The second kappa shape index (κ2) is 9.78. The molecule has 3 atom stereocenters. The number of benzene rings is 2. The lowest BCUT2D eigenvalue weighted by Gasteiger charge is -2.40. The molecule has 1 unspecified atom stereocenters. The Morgan fingerprint density at radius 1 is 1.16 bits per heavy atom. The van der Waals surface area contributed by atoms with Crippen molar-refractivity contribution < 1.29 is 23.1 Å². The molecule has 198 valence electrons. The third-order valence-electron chi connectivity index (χ3n) is 8.09. The summed E-state index contributed by atoms with van der Waals surface area (Å²) in [4.78, 5) is 35.8. The van der Waals surface area contributed by atoms with Gasteiger partial charge >= 0.3 is 0 Å². The number of aromatic nitrogens is 1. The van der Waals surface area contributed by atoms with Crippen LogP contribution in [0.25, 0.3) is 10.8 Å². The SMILES string of the molecule is O=C(CC1(C(=O)Nc2cncc3ccccc23)CCOc2ccc(Cl)cc21)N1C[C@@H]2C[C@H]1CN2CC(F)F. The van der Waals surface area contributed by atoms with Gasteiger partial charge in [-0.2, -0.15) is 0 Å². The van der Waals surface area contributed by atoms with Crippen LogP contribution < -0.4 is 10.1 Å². The van der Waals surface area contributed by atoms with Crippen molar-refractivity contribution in [2.45, 2.75) is 43.2 Å². The van der Waals surface area contributed by atoms with Gasteiger partial charge in [0, 0.05) is 65.6 Å². The van der Waals surface area contributed by atoms with Crippen LogP contribution in [0.3, 0.4) is 0 Å². The number of anilines is 1. The van der Waals surface area contributed by atoms with Crippen molar-refractivity contribution >= 4 is 39.9 Å². The highest BCUT2D eigenvalue weighted by Crippen LogP contribution is 2.45. The number of amides is 2. The first-order valence-corrected chi connectivity index (χ1v) is 13.1. The number of nitrogens with one attached hydrogen (secondary N) is 1. The van der Waals surface area contributed by atoms with Crippen LogP contribution in [0, 0.1) is 0 Å². The molecule has 7 nitrogen and oxygen atoms in total. The lowest BCUT2D eigenvalue weighted by Crippen LogP contribution is -2.53. The van der Waals surface area contributed by atoms with E-state index in [1.165, 1.54) is 0 Å². The highest BCUT2D eigenvalue weighted by Gasteiger charge is 2.51. The first-order valence-electron chi connectivity index (χ1n) is 12.7. The Morgan fingerprint density at radius 2 is 2.00 bits per heavy atom. The normalized spacial score (nSPS) is 24.5. The van der Waals surface area contributed by atoms with E-state index in [4.69, 9.17) is 16.3 Å². The Morgan fingerprint density at radius 3 is 2.79 bits per heavy atom. The number of carbonyl (C=O) groups excluding carboxylic acids is 2. The van der Waals surface area contributed by atoms with Gasteiger partial charge in [0.15, 0.2) is 0 Å². The summed E-state index contributed by atoms with van der Waals surface area (Å²) in [5, 5.41) is 5.21. The highest BCUT2D eigenvalue weighted by molar-refractivity contribution is 6.30. The Kier molecular flexibility index (Phi) is 6.44. The number of pyridine rings is 1. The zero-order chi connectivity index (χ0) is 26.4. The van der Waals surface area contributed by atoms with Crippen molar-refractivity contribution in [2.75, 3.05) is 31.6 Å². The van der Waals surface area contributed by atoms with E-state index in [9.17, 15) is 18.4 Å². The molecule has 3 aliphatic heterocycles. The number of halogens is 3. The molecule has 4 heterocycles. The average Bonchev–Trinajstić information content (AvgIpc) is 3.49. The molecule has 2 aromatic carbocycles. The van der Waals surface area contributed by atoms with Crippen LogP contribution in [-0.2, 0) is 15.0 Å². The third kappa shape index (κ3) is 4.37. The van der Waals surface area contributed by atoms with Gasteiger partial charge in [-0.3, -0.25) is 19.5 Å². The van der Waals surface area contributed by atoms with Gasteiger partial charge in [-0.15, -0.1) is 0 Å². The number of likely N-dealkylation sites (tertiary alicyclic amines) is 2. The van der Waals surface area contributed by atoms with E-state index in [0.29, 0.717) is 41.5 Å². The van der Waals surface area contributed by atoms with E-state index < -0.39 is 11.8 Å². The van der Waals surface area contributed by atoms with Crippen LogP contribution in [-0.4, -0.2) is 71.3 Å². The Labute approximate surface area is 223 Å². The molecule has 10 heteroatoms. The lowest BCUT2D eigenvalue weighted by molar-refractivity contribution is -0.138. The van der Waals surface area contributed by atoms with Crippen molar-refractivity contribution in [3.05, 3.63) is 65.4 Å². The van der Waals surface area contributed by atoms with Crippen molar-refractivity contribution in [3.8, 4) is 5.75 Å². The number of rotatable bonds is 6. The molecule has 3 aliphatic rings. The summed E-state index contributed by atoms with van der Waals surface area (Å²) in [5.41, 5.74) is -0.103. The molecule has 0 radical (unpaired) electrons. The molecule has 1 N–H and O–H groups in total. The summed E-state index contributed by atoms with van der Waals surface area (Å²) in [7, 11) is 0. The molecular weight excluding hydrogens is 514 g/mol. The van der Waals surface area contributed by atoms with Crippen LogP contribution >= 0.6 is 11.6 Å². The number of fused-ring (bicyclic) bond motifs is 4. The van der Waals surface area contributed by atoms with E-state index >= 15 is 0 Å². The molecule has 1 aromatic heterocycles. The first-order chi connectivity index (χ1) is 18.3. The standard InChI is InChI=1S/C28H27ClF2N4O3/c29-18-5-6-24-22(9-18)28(7-8-38-24,27(37)33-23-13-32-12-17-3-1-2-4-21(17)23)11-26(36)35-15-19-10-20(35)14-34(19)16-25(30)31/h1-6,9,12-13,19-20,25H,7-8,10-11,14-16H2,(H,33,37)/t19-,20-,28?/m0/s1. The van der Waals surface area contributed by atoms with Gasteiger partial charge in [0.25, 0.3) is 6.43 Å². The van der Waals surface area contributed by atoms with Crippen molar-refractivity contribution in [1.29, 1.82) is 0 Å². The van der Waals surface area contributed by atoms with Crippen LogP contribution in [0.1, 0.15) is 24.8 Å². The summed E-state index contributed by atoms with van der Waals surface area (Å²) in [6, 6.07) is 12.5. The minimum Gasteiger partial charge on any atom is -0.493 e. The molecule has 2 saturated heterocycles. The van der Waals surface area contributed by atoms with Gasteiger partial charge in [0.1, 0.15) is 5.75 Å². The Balaban J connectivity index is 1.32. The second-order valence-electron chi connectivity index (χ2n) is 10.3. The fraction of sp³-hybridized carbons (Fsp3) is 0.393.